The number of aromatic amines is 1. The number of carbonyl (C=O) groups is 1. The summed E-state index contributed by atoms with van der Waals surface area (Å²) >= 11 is 0. The number of rotatable bonds is 3. The average Bonchev–Trinajstić information content (AvgIpc) is 2.95. The number of nitrogens with one attached hydrogen (secondary N) is 1. The van der Waals surface area contributed by atoms with E-state index in [0.29, 0.717) is 6.10 Å². The highest BCUT2D eigenvalue weighted by atomic mass is 16.5. The topological polar surface area (TPSA) is 58.2 Å². The van der Waals surface area contributed by atoms with Gasteiger partial charge in [0.25, 0.3) is 5.91 Å². The fourth-order valence-electron chi connectivity index (χ4n) is 2.71. The molecule has 0 unspecified atom stereocenters. The van der Waals surface area contributed by atoms with E-state index < -0.39 is 0 Å². The van der Waals surface area contributed by atoms with Crippen LogP contribution >= 0.6 is 0 Å². The number of carbonyl (C=O) groups excluding carboxylic acids is 1. The molecule has 1 saturated heterocycles. The maximum Gasteiger partial charge on any atom is 0.253 e. The Bertz CT molecular complexity index is 600. The first-order valence-corrected chi connectivity index (χ1v) is 7.12. The Morgan fingerprint density at radius 3 is 3.00 bits per heavy atom. The van der Waals surface area contributed by atoms with Gasteiger partial charge in [-0.05, 0) is 38.0 Å². The van der Waals surface area contributed by atoms with Crippen LogP contribution in [0, 0.1) is 0 Å². The number of H-pyrrole nitrogens is 1. The van der Waals surface area contributed by atoms with Gasteiger partial charge < -0.3 is 14.6 Å². The zero-order chi connectivity index (χ0) is 13.9. The SMILES string of the molecule is CCOC1CCN(C(=O)c2ccc3nc[nH]c3c2)CC1. The summed E-state index contributed by atoms with van der Waals surface area (Å²) in [5.41, 5.74) is 2.51. The molecule has 2 heterocycles. The molecule has 0 spiro atoms. The summed E-state index contributed by atoms with van der Waals surface area (Å²) in [6.07, 6.45) is 3.80. The van der Waals surface area contributed by atoms with Crippen molar-refractivity contribution in [1.29, 1.82) is 0 Å². The third-order valence-corrected chi connectivity index (χ3v) is 3.80. The minimum atomic E-state index is 0.0939. The Morgan fingerprint density at radius 2 is 2.25 bits per heavy atom. The summed E-state index contributed by atoms with van der Waals surface area (Å²) in [5.74, 6) is 0.0939. The molecule has 5 heteroatoms. The summed E-state index contributed by atoms with van der Waals surface area (Å²) in [5, 5.41) is 0. The summed E-state index contributed by atoms with van der Waals surface area (Å²) in [4.78, 5) is 21.6. The number of ether oxygens (including phenoxy) is 1. The van der Waals surface area contributed by atoms with Gasteiger partial charge in [0, 0.05) is 25.3 Å². The van der Waals surface area contributed by atoms with Gasteiger partial charge in [0.05, 0.1) is 23.5 Å². The van der Waals surface area contributed by atoms with Crippen molar-refractivity contribution in [2.75, 3.05) is 19.7 Å². The predicted molar refractivity (Wildman–Crippen MR) is 76.6 cm³/mol. The van der Waals surface area contributed by atoms with E-state index in [1.807, 2.05) is 30.0 Å². The van der Waals surface area contributed by atoms with Crippen LogP contribution in [0.25, 0.3) is 11.0 Å². The van der Waals surface area contributed by atoms with Crippen molar-refractivity contribution in [3.63, 3.8) is 0 Å². The lowest BCUT2D eigenvalue weighted by atomic mass is 10.1. The second-order valence-corrected chi connectivity index (χ2v) is 5.08. The molecule has 0 radical (unpaired) electrons. The van der Waals surface area contributed by atoms with Gasteiger partial charge in [-0.2, -0.15) is 0 Å². The van der Waals surface area contributed by atoms with Gasteiger partial charge in [-0.1, -0.05) is 0 Å². The number of likely N-dealkylation sites (tertiary alicyclic amines) is 1. The van der Waals surface area contributed by atoms with Crippen molar-refractivity contribution in [1.82, 2.24) is 14.9 Å². The Kier molecular flexibility index (Phi) is 3.69. The predicted octanol–water partition coefficient (Wildman–Crippen LogP) is 2.20. The van der Waals surface area contributed by atoms with Crippen LogP contribution in [0.4, 0.5) is 0 Å². The number of aromatic nitrogens is 2. The average molecular weight is 273 g/mol. The number of fused-ring (bicyclic) bond motifs is 1. The lowest BCUT2D eigenvalue weighted by Crippen LogP contribution is -2.40. The Balaban J connectivity index is 1.69. The van der Waals surface area contributed by atoms with Crippen molar-refractivity contribution in [3.05, 3.63) is 30.1 Å². The van der Waals surface area contributed by atoms with Gasteiger partial charge in [-0.15, -0.1) is 0 Å². The highest BCUT2D eigenvalue weighted by molar-refractivity contribution is 5.97. The number of hydrogen-bond donors (Lipinski definition) is 1. The molecule has 1 amide bonds. The number of nitrogens with zero attached hydrogens (tertiary/aromatic N) is 2. The van der Waals surface area contributed by atoms with Crippen LogP contribution in [0.2, 0.25) is 0 Å². The van der Waals surface area contributed by atoms with Crippen LogP contribution < -0.4 is 0 Å². The standard InChI is InChI=1S/C15H19N3O2/c1-2-20-12-5-7-18(8-6-12)15(19)11-3-4-13-14(9-11)17-10-16-13/h3-4,9-10,12H,2,5-8H2,1H3,(H,16,17). The summed E-state index contributed by atoms with van der Waals surface area (Å²) in [7, 11) is 0. The molecule has 3 rings (SSSR count). The van der Waals surface area contributed by atoms with Crippen LogP contribution in [-0.4, -0.2) is 46.6 Å². The summed E-state index contributed by atoms with van der Waals surface area (Å²) < 4.78 is 5.61. The highest BCUT2D eigenvalue weighted by Crippen LogP contribution is 2.18. The third-order valence-electron chi connectivity index (χ3n) is 3.80. The van der Waals surface area contributed by atoms with Crippen LogP contribution in [0.15, 0.2) is 24.5 Å². The van der Waals surface area contributed by atoms with E-state index in [2.05, 4.69) is 9.97 Å². The van der Waals surface area contributed by atoms with Crippen molar-refractivity contribution < 1.29 is 9.53 Å². The van der Waals surface area contributed by atoms with Crippen molar-refractivity contribution in [3.8, 4) is 0 Å². The maximum absolute atomic E-state index is 12.5. The number of piperidine rings is 1. The number of benzene rings is 1. The fourth-order valence-corrected chi connectivity index (χ4v) is 2.71. The van der Waals surface area contributed by atoms with Gasteiger partial charge in [0.2, 0.25) is 0 Å². The van der Waals surface area contributed by atoms with E-state index in [1.165, 1.54) is 0 Å². The van der Waals surface area contributed by atoms with E-state index in [0.717, 1.165) is 49.1 Å². The molecule has 1 aliphatic rings. The van der Waals surface area contributed by atoms with E-state index in [9.17, 15) is 4.79 Å². The van der Waals surface area contributed by atoms with Crippen LogP contribution in [-0.2, 0) is 4.74 Å². The largest absolute Gasteiger partial charge is 0.378 e. The lowest BCUT2D eigenvalue weighted by Gasteiger charge is -2.31. The van der Waals surface area contributed by atoms with Crippen molar-refractivity contribution in [2.24, 2.45) is 0 Å². The van der Waals surface area contributed by atoms with E-state index in [-0.39, 0.29) is 5.91 Å². The molecule has 1 aliphatic heterocycles. The van der Waals surface area contributed by atoms with Crippen LogP contribution in [0.1, 0.15) is 30.1 Å². The zero-order valence-electron chi connectivity index (χ0n) is 11.6. The zero-order valence-corrected chi connectivity index (χ0v) is 11.6. The van der Waals surface area contributed by atoms with E-state index >= 15 is 0 Å². The molecule has 0 saturated carbocycles. The van der Waals surface area contributed by atoms with Gasteiger partial charge in [-0.3, -0.25) is 4.79 Å². The first-order chi connectivity index (χ1) is 9.78. The molecule has 1 aromatic carbocycles. The monoisotopic (exact) mass is 273 g/mol. The first kappa shape index (κ1) is 13.1. The molecular formula is C15H19N3O2. The molecular weight excluding hydrogens is 254 g/mol. The van der Waals surface area contributed by atoms with Gasteiger partial charge in [0.1, 0.15) is 0 Å². The van der Waals surface area contributed by atoms with E-state index in [1.54, 1.807) is 6.33 Å². The van der Waals surface area contributed by atoms with Crippen molar-refractivity contribution in [2.45, 2.75) is 25.9 Å². The van der Waals surface area contributed by atoms with Crippen molar-refractivity contribution >= 4 is 16.9 Å². The van der Waals surface area contributed by atoms with Gasteiger partial charge >= 0.3 is 0 Å². The molecule has 1 fully saturated rings. The minimum Gasteiger partial charge on any atom is -0.378 e. The Labute approximate surface area is 117 Å². The van der Waals surface area contributed by atoms with Crippen LogP contribution in [0.5, 0.6) is 0 Å². The second kappa shape index (κ2) is 5.63. The quantitative estimate of drug-likeness (QED) is 0.932. The molecule has 0 atom stereocenters. The third kappa shape index (κ3) is 2.54. The van der Waals surface area contributed by atoms with E-state index in [4.69, 9.17) is 4.74 Å². The second-order valence-electron chi connectivity index (χ2n) is 5.08. The number of imidazole rings is 1. The molecule has 1 aromatic heterocycles. The molecule has 0 bridgehead atoms. The maximum atomic E-state index is 12.5. The number of hydrogen-bond acceptors (Lipinski definition) is 3. The van der Waals surface area contributed by atoms with Gasteiger partial charge in [-0.25, -0.2) is 4.98 Å². The lowest BCUT2D eigenvalue weighted by molar-refractivity contribution is 0.0146. The molecule has 106 valence electrons. The summed E-state index contributed by atoms with van der Waals surface area (Å²) in [6, 6.07) is 5.60. The summed E-state index contributed by atoms with van der Waals surface area (Å²) in [6.45, 7) is 4.29. The minimum absolute atomic E-state index is 0.0939. The van der Waals surface area contributed by atoms with Gasteiger partial charge in [0.15, 0.2) is 0 Å². The fraction of sp³-hybridized carbons (Fsp3) is 0.467. The Morgan fingerprint density at radius 1 is 1.45 bits per heavy atom. The molecule has 20 heavy (non-hydrogen) atoms. The number of amides is 1. The molecule has 5 nitrogen and oxygen atoms in total. The highest BCUT2D eigenvalue weighted by Gasteiger charge is 2.23. The molecule has 1 N–H and O–H groups in total. The first-order valence-electron chi connectivity index (χ1n) is 7.12. The molecule has 0 aliphatic carbocycles. The normalized spacial score (nSPS) is 16.8. The van der Waals surface area contributed by atoms with Crippen LogP contribution in [0.3, 0.4) is 0 Å². The smallest absolute Gasteiger partial charge is 0.253 e. The Hall–Kier alpha value is -1.88. The molecule has 2 aromatic rings.